The number of quaternary nitrogens is 1. The molecule has 9 heteroatoms. The lowest BCUT2D eigenvalue weighted by atomic mass is 10.0. The van der Waals surface area contributed by atoms with E-state index in [0.29, 0.717) is 23.9 Å². The molecule has 0 saturated heterocycles. The van der Waals surface area contributed by atoms with E-state index in [9.17, 15) is 19.5 Å². The number of carbonyl (C=O) groups excluding carboxylic acids is 3. The van der Waals surface area contributed by atoms with Gasteiger partial charge >= 0.3 is 11.9 Å². The molecule has 0 saturated carbocycles. The molecule has 2 unspecified atom stereocenters. The van der Waals surface area contributed by atoms with Crippen molar-refractivity contribution in [2.45, 2.75) is 322 Å². The molecule has 0 aliphatic carbocycles. The molecule has 450 valence electrons. The molecule has 0 amide bonds. The highest BCUT2D eigenvalue weighted by molar-refractivity contribution is 5.70. The highest BCUT2D eigenvalue weighted by Gasteiger charge is 2.22. The fourth-order valence-corrected chi connectivity index (χ4v) is 9.59. The van der Waals surface area contributed by atoms with Crippen LogP contribution in [0.2, 0.25) is 0 Å². The van der Waals surface area contributed by atoms with E-state index in [-0.39, 0.29) is 32.2 Å². The van der Waals surface area contributed by atoms with Crippen LogP contribution < -0.4 is 5.11 Å². The second-order valence-corrected chi connectivity index (χ2v) is 23.4. The lowest BCUT2D eigenvalue weighted by Crippen LogP contribution is -2.44. The quantitative estimate of drug-likeness (QED) is 0.0195. The molecule has 0 rings (SSSR count). The van der Waals surface area contributed by atoms with Gasteiger partial charge in [-0.3, -0.25) is 9.59 Å². The van der Waals surface area contributed by atoms with Crippen molar-refractivity contribution in [3.8, 4) is 0 Å². The molecule has 0 radical (unpaired) electrons. The summed E-state index contributed by atoms with van der Waals surface area (Å²) < 4.78 is 22.8. The van der Waals surface area contributed by atoms with Crippen molar-refractivity contribution in [2.24, 2.45) is 0 Å². The summed E-state index contributed by atoms with van der Waals surface area (Å²) in [5, 5.41) is 11.8. The minimum Gasteiger partial charge on any atom is -0.545 e. The maximum Gasteiger partial charge on any atom is 0.306 e. The van der Waals surface area contributed by atoms with Crippen molar-refractivity contribution < 1.29 is 42.9 Å². The first-order chi connectivity index (χ1) is 37.6. The Morgan fingerprint density at radius 3 is 1.10 bits per heavy atom. The van der Waals surface area contributed by atoms with Gasteiger partial charge in [0.2, 0.25) is 0 Å². The number of nitrogens with zero attached hydrogens (tertiary/aromatic N) is 1. The van der Waals surface area contributed by atoms with Gasteiger partial charge in [-0.1, -0.05) is 294 Å². The Balaban J connectivity index is 4.09. The number of carboxylic acids is 1. The summed E-state index contributed by atoms with van der Waals surface area (Å²) in [6, 6.07) is 0. The number of hydrogen-bond acceptors (Lipinski definition) is 8. The monoisotopic (exact) mass is 1080 g/mol. The number of hydrogen-bond donors (Lipinski definition) is 0. The third-order valence-electron chi connectivity index (χ3n) is 14.6. The molecule has 0 aromatic carbocycles. The zero-order valence-corrected chi connectivity index (χ0v) is 51.3. The van der Waals surface area contributed by atoms with Crippen LogP contribution in [0.4, 0.5) is 0 Å². The molecule has 0 aliphatic heterocycles. The Morgan fingerprint density at radius 1 is 0.403 bits per heavy atom. The average Bonchev–Trinajstić information content (AvgIpc) is 3.40. The van der Waals surface area contributed by atoms with E-state index in [1.807, 2.05) is 21.1 Å². The SMILES string of the molecule is CC/C=C\C/C=C\C/C=C\C/C=C\CCCCCCCCCCC(=O)OC(COC(=O)CCCCCCCCCCCCCCCCCCCCCCCCCCCCCCCCC)COC(OCC[N+](C)(C)C)C(=O)[O-]. The number of esters is 2. The van der Waals surface area contributed by atoms with E-state index < -0.39 is 24.3 Å². The van der Waals surface area contributed by atoms with Crippen LogP contribution in [0.15, 0.2) is 48.6 Å². The van der Waals surface area contributed by atoms with E-state index in [0.717, 1.165) is 70.6 Å². The number of unbranched alkanes of at least 4 members (excludes halogenated alkanes) is 38. The smallest absolute Gasteiger partial charge is 0.306 e. The van der Waals surface area contributed by atoms with Gasteiger partial charge in [0, 0.05) is 12.8 Å². The van der Waals surface area contributed by atoms with E-state index in [4.69, 9.17) is 18.9 Å². The van der Waals surface area contributed by atoms with E-state index in [2.05, 4.69) is 62.5 Å². The summed E-state index contributed by atoms with van der Waals surface area (Å²) in [5.74, 6) is -2.28. The Hall–Kier alpha value is -2.75. The summed E-state index contributed by atoms with van der Waals surface area (Å²) in [6.07, 6.45) is 71.9. The van der Waals surface area contributed by atoms with Gasteiger partial charge in [0.05, 0.1) is 40.3 Å². The summed E-state index contributed by atoms with van der Waals surface area (Å²) in [4.78, 5) is 37.4. The van der Waals surface area contributed by atoms with Crippen LogP contribution in [0.1, 0.15) is 309 Å². The number of ether oxygens (including phenoxy) is 4. The highest BCUT2D eigenvalue weighted by Crippen LogP contribution is 2.18. The van der Waals surface area contributed by atoms with Crippen LogP contribution in [0.3, 0.4) is 0 Å². The van der Waals surface area contributed by atoms with Crippen LogP contribution in [0, 0.1) is 0 Å². The topological polar surface area (TPSA) is 111 Å². The molecule has 0 spiro atoms. The fourth-order valence-electron chi connectivity index (χ4n) is 9.59. The fraction of sp³-hybridized carbons (Fsp3) is 0.838. The minimum atomic E-state index is -1.62. The van der Waals surface area contributed by atoms with Gasteiger partial charge in [0.15, 0.2) is 12.4 Å². The van der Waals surface area contributed by atoms with Crippen molar-refractivity contribution >= 4 is 17.9 Å². The number of likely N-dealkylation sites (N-methyl/N-ethyl adjacent to an activating group) is 1. The lowest BCUT2D eigenvalue weighted by molar-refractivity contribution is -0.870. The van der Waals surface area contributed by atoms with Gasteiger partial charge in [-0.15, -0.1) is 0 Å². The number of carboxylic acid groups (broad SMARTS) is 1. The first-order valence-electron chi connectivity index (χ1n) is 32.8. The molecule has 0 aliphatic rings. The van der Waals surface area contributed by atoms with Gasteiger partial charge in [0.1, 0.15) is 13.2 Å². The van der Waals surface area contributed by atoms with Crippen molar-refractivity contribution in [3.05, 3.63) is 48.6 Å². The molecule has 0 N–H and O–H groups in total. The Labute approximate surface area is 476 Å². The van der Waals surface area contributed by atoms with Gasteiger partial charge in [-0.2, -0.15) is 0 Å². The molecule has 0 aromatic heterocycles. The summed E-state index contributed by atoms with van der Waals surface area (Å²) in [6.45, 7) is 4.67. The van der Waals surface area contributed by atoms with Crippen LogP contribution in [-0.4, -0.2) is 82.3 Å². The standard InChI is InChI=1S/C68H125NO8/c1-6-8-10-12-14-16-18-20-22-24-26-28-29-30-31-32-33-34-35-36-37-39-40-42-44-46-48-50-52-54-56-58-65(70)75-62-64(63-76-68(67(72)73)74-61-60-69(3,4)5)77-66(71)59-57-55-53-51-49-47-45-43-41-38-27-25-23-21-19-17-15-13-11-9-7-2/h9,11,15,17,21,23,27,38,64,68H,6-8,10,12-14,16,18-20,22,24-26,28-37,39-63H2,1-5H3/b11-9-,17-15-,23-21-,38-27-. The predicted octanol–water partition coefficient (Wildman–Crippen LogP) is 18.5. The minimum absolute atomic E-state index is 0.146. The van der Waals surface area contributed by atoms with Gasteiger partial charge in [-0.05, 0) is 51.4 Å². The average molecular weight is 1080 g/mol. The first-order valence-corrected chi connectivity index (χ1v) is 32.8. The zero-order valence-electron chi connectivity index (χ0n) is 51.3. The number of carbonyl (C=O) groups is 3. The maximum atomic E-state index is 12.9. The van der Waals surface area contributed by atoms with Gasteiger partial charge in [-0.25, -0.2) is 0 Å². The second kappa shape index (κ2) is 59.4. The second-order valence-electron chi connectivity index (χ2n) is 23.4. The summed E-state index contributed by atoms with van der Waals surface area (Å²) in [5.41, 5.74) is 0. The van der Waals surface area contributed by atoms with E-state index >= 15 is 0 Å². The molecule has 0 bridgehead atoms. The van der Waals surface area contributed by atoms with Crippen LogP contribution >= 0.6 is 0 Å². The number of allylic oxidation sites excluding steroid dienone is 8. The van der Waals surface area contributed by atoms with E-state index in [1.165, 1.54) is 205 Å². The Kier molecular flexibility index (Phi) is 57.3. The Bertz CT molecular complexity index is 1400. The molecule has 0 heterocycles. The molecular formula is C68H125NO8. The first kappa shape index (κ1) is 74.2. The molecule has 77 heavy (non-hydrogen) atoms. The van der Waals surface area contributed by atoms with Crippen molar-refractivity contribution in [3.63, 3.8) is 0 Å². The van der Waals surface area contributed by atoms with Gasteiger partial charge < -0.3 is 33.3 Å². The molecule has 0 fully saturated rings. The summed E-state index contributed by atoms with van der Waals surface area (Å²) >= 11 is 0. The third-order valence-corrected chi connectivity index (χ3v) is 14.6. The number of aliphatic carboxylic acids is 1. The Morgan fingerprint density at radius 2 is 0.740 bits per heavy atom. The highest BCUT2D eigenvalue weighted by atomic mass is 16.7. The largest absolute Gasteiger partial charge is 0.545 e. The van der Waals surface area contributed by atoms with Crippen molar-refractivity contribution in [1.29, 1.82) is 0 Å². The van der Waals surface area contributed by atoms with Crippen LogP contribution in [-0.2, 0) is 33.3 Å². The van der Waals surface area contributed by atoms with Gasteiger partial charge in [0.25, 0.3) is 0 Å². The van der Waals surface area contributed by atoms with Crippen molar-refractivity contribution in [1.82, 2.24) is 0 Å². The molecule has 9 nitrogen and oxygen atoms in total. The predicted molar refractivity (Wildman–Crippen MR) is 325 cm³/mol. The van der Waals surface area contributed by atoms with E-state index in [1.54, 1.807) is 0 Å². The normalized spacial score (nSPS) is 13.0. The zero-order chi connectivity index (χ0) is 56.2. The van der Waals surface area contributed by atoms with Crippen LogP contribution in [0.25, 0.3) is 0 Å². The summed E-state index contributed by atoms with van der Waals surface area (Å²) in [7, 11) is 5.93. The van der Waals surface area contributed by atoms with Crippen molar-refractivity contribution in [2.75, 3.05) is 47.5 Å². The van der Waals surface area contributed by atoms with Crippen LogP contribution in [0.5, 0.6) is 0 Å². The molecule has 0 aromatic rings. The maximum absolute atomic E-state index is 12.9. The lowest BCUT2D eigenvalue weighted by Gasteiger charge is -2.26. The molecule has 2 atom stereocenters. The number of rotatable bonds is 61. The third kappa shape index (κ3) is 60.7. The molecular weight excluding hydrogens is 959 g/mol.